The quantitative estimate of drug-likeness (QED) is 0.515. The van der Waals surface area contributed by atoms with Gasteiger partial charge in [-0.3, -0.25) is 9.58 Å². The van der Waals surface area contributed by atoms with Crippen molar-refractivity contribution in [1.82, 2.24) is 25.3 Å². The molecule has 1 aromatic heterocycles. The Bertz CT molecular complexity index is 853. The van der Waals surface area contributed by atoms with E-state index in [9.17, 15) is 0 Å². The molecular weight excluding hydrogens is 376 g/mol. The number of likely N-dealkylation sites (tertiary alicyclic amines) is 1. The topological polar surface area (TPSA) is 66.7 Å². The van der Waals surface area contributed by atoms with Crippen molar-refractivity contribution in [1.29, 1.82) is 0 Å². The number of ether oxygens (including phenoxy) is 1. The number of nitrogens with one attached hydrogen (secondary N) is 2. The maximum absolute atomic E-state index is 5.66. The first-order chi connectivity index (χ1) is 14.5. The fourth-order valence-corrected chi connectivity index (χ4v) is 4.17. The lowest BCUT2D eigenvalue weighted by molar-refractivity contribution is 0.239. The summed E-state index contributed by atoms with van der Waals surface area (Å²) in [6.45, 7) is 10.7. The standard InChI is InChI=1S/C23H36N6O/c1-6-24-23(25-15-20-17(2)27-28(4)18(20)3)26-16-21(29-13-9-10-14-29)19-11-7-8-12-22(19)30-5/h7-8,11-12,21H,6,9-10,13-16H2,1-5H3,(H2,24,25,26). The van der Waals surface area contributed by atoms with Gasteiger partial charge in [0.05, 0.1) is 25.4 Å². The maximum Gasteiger partial charge on any atom is 0.191 e. The minimum atomic E-state index is 0.245. The SMILES string of the molecule is CCNC(=NCc1c(C)nn(C)c1C)NCC(c1ccccc1OC)N1CCCC1. The molecule has 1 aliphatic heterocycles. The van der Waals surface area contributed by atoms with Crippen molar-refractivity contribution in [2.75, 3.05) is 33.3 Å². The van der Waals surface area contributed by atoms with Crippen LogP contribution in [0.5, 0.6) is 5.75 Å². The zero-order valence-electron chi connectivity index (χ0n) is 19.0. The van der Waals surface area contributed by atoms with E-state index in [2.05, 4.69) is 46.6 Å². The van der Waals surface area contributed by atoms with Crippen LogP contribution in [0, 0.1) is 13.8 Å². The van der Waals surface area contributed by atoms with E-state index in [0.29, 0.717) is 6.54 Å². The van der Waals surface area contributed by atoms with Crippen LogP contribution in [0.1, 0.15) is 48.3 Å². The summed E-state index contributed by atoms with van der Waals surface area (Å²) in [5.74, 6) is 1.78. The van der Waals surface area contributed by atoms with Crippen molar-refractivity contribution < 1.29 is 4.74 Å². The zero-order chi connectivity index (χ0) is 21.5. The van der Waals surface area contributed by atoms with Crippen LogP contribution in [-0.4, -0.2) is 53.9 Å². The number of guanidine groups is 1. The third-order valence-electron chi connectivity index (χ3n) is 5.94. The zero-order valence-corrected chi connectivity index (χ0v) is 19.0. The Morgan fingerprint density at radius 2 is 1.93 bits per heavy atom. The van der Waals surface area contributed by atoms with Crippen LogP contribution < -0.4 is 15.4 Å². The van der Waals surface area contributed by atoms with Gasteiger partial charge in [-0.25, -0.2) is 4.99 Å². The molecule has 1 aliphatic rings. The predicted octanol–water partition coefficient (Wildman–Crippen LogP) is 2.94. The van der Waals surface area contributed by atoms with Gasteiger partial charge in [-0.2, -0.15) is 5.10 Å². The smallest absolute Gasteiger partial charge is 0.191 e. The van der Waals surface area contributed by atoms with Gasteiger partial charge in [0.25, 0.3) is 0 Å². The van der Waals surface area contributed by atoms with E-state index in [1.807, 2.05) is 30.8 Å². The number of methoxy groups -OCH3 is 1. The second-order valence-corrected chi connectivity index (χ2v) is 7.85. The number of hydrogen-bond donors (Lipinski definition) is 2. The molecule has 0 aliphatic carbocycles. The number of para-hydroxylation sites is 1. The third-order valence-corrected chi connectivity index (χ3v) is 5.94. The van der Waals surface area contributed by atoms with Gasteiger partial charge in [0, 0.05) is 37.0 Å². The van der Waals surface area contributed by atoms with Crippen LogP contribution >= 0.6 is 0 Å². The minimum absolute atomic E-state index is 0.245. The van der Waals surface area contributed by atoms with E-state index in [0.717, 1.165) is 49.3 Å². The lowest BCUT2D eigenvalue weighted by atomic mass is 10.0. The van der Waals surface area contributed by atoms with Crippen molar-refractivity contribution in [3.05, 3.63) is 46.8 Å². The van der Waals surface area contributed by atoms with Gasteiger partial charge < -0.3 is 15.4 Å². The fourth-order valence-electron chi connectivity index (χ4n) is 4.17. The molecule has 0 saturated carbocycles. The molecule has 2 heterocycles. The summed E-state index contributed by atoms with van der Waals surface area (Å²) in [4.78, 5) is 7.39. The molecular formula is C23H36N6O. The number of rotatable bonds is 8. The van der Waals surface area contributed by atoms with Crippen LogP contribution in [0.2, 0.25) is 0 Å². The first-order valence-corrected chi connectivity index (χ1v) is 10.9. The second-order valence-electron chi connectivity index (χ2n) is 7.85. The Morgan fingerprint density at radius 3 is 2.57 bits per heavy atom. The average Bonchev–Trinajstić information content (AvgIpc) is 3.36. The summed E-state index contributed by atoms with van der Waals surface area (Å²) in [5, 5.41) is 11.5. The number of hydrogen-bond acceptors (Lipinski definition) is 4. The first-order valence-electron chi connectivity index (χ1n) is 10.9. The molecule has 2 N–H and O–H groups in total. The molecule has 0 spiro atoms. The van der Waals surface area contributed by atoms with Gasteiger partial charge in [0.2, 0.25) is 0 Å². The van der Waals surface area contributed by atoms with Gasteiger partial charge in [0.15, 0.2) is 5.96 Å². The highest BCUT2D eigenvalue weighted by atomic mass is 16.5. The van der Waals surface area contributed by atoms with Gasteiger partial charge in [-0.05, 0) is 52.8 Å². The van der Waals surface area contributed by atoms with Crippen molar-refractivity contribution in [2.45, 2.75) is 46.2 Å². The molecule has 30 heavy (non-hydrogen) atoms. The van der Waals surface area contributed by atoms with E-state index in [1.165, 1.54) is 24.0 Å². The second kappa shape index (κ2) is 10.5. The summed E-state index contributed by atoms with van der Waals surface area (Å²) in [5.41, 5.74) is 4.62. The van der Waals surface area contributed by atoms with Gasteiger partial charge in [-0.1, -0.05) is 18.2 Å². The first kappa shape index (κ1) is 22.2. The molecule has 1 atom stereocenters. The molecule has 7 nitrogen and oxygen atoms in total. The van der Waals surface area contributed by atoms with Crippen molar-refractivity contribution in [3.63, 3.8) is 0 Å². The number of aliphatic imine (C=N–C) groups is 1. The Hall–Kier alpha value is -2.54. The Labute approximate surface area is 180 Å². The molecule has 7 heteroatoms. The van der Waals surface area contributed by atoms with Crippen molar-refractivity contribution >= 4 is 5.96 Å². The molecule has 1 saturated heterocycles. The molecule has 2 aromatic rings. The molecule has 1 fully saturated rings. The van der Waals surface area contributed by atoms with Crippen LogP contribution in [-0.2, 0) is 13.6 Å². The predicted molar refractivity (Wildman–Crippen MR) is 122 cm³/mol. The number of aryl methyl sites for hydroxylation is 2. The lowest BCUT2D eigenvalue weighted by Crippen LogP contribution is -2.42. The van der Waals surface area contributed by atoms with Crippen LogP contribution in [0.3, 0.4) is 0 Å². The van der Waals surface area contributed by atoms with E-state index < -0.39 is 0 Å². The van der Waals surface area contributed by atoms with E-state index >= 15 is 0 Å². The molecule has 0 amide bonds. The molecule has 164 valence electrons. The fraction of sp³-hybridized carbons (Fsp3) is 0.565. The van der Waals surface area contributed by atoms with E-state index in [-0.39, 0.29) is 6.04 Å². The highest BCUT2D eigenvalue weighted by Crippen LogP contribution is 2.31. The lowest BCUT2D eigenvalue weighted by Gasteiger charge is -2.30. The minimum Gasteiger partial charge on any atom is -0.496 e. The molecule has 0 bridgehead atoms. The Morgan fingerprint density at radius 1 is 1.20 bits per heavy atom. The third kappa shape index (κ3) is 5.14. The number of nitrogens with zero attached hydrogens (tertiary/aromatic N) is 4. The van der Waals surface area contributed by atoms with Crippen LogP contribution in [0.4, 0.5) is 0 Å². The summed E-state index contributed by atoms with van der Waals surface area (Å²) >= 11 is 0. The molecule has 1 aromatic carbocycles. The van der Waals surface area contributed by atoms with Gasteiger partial charge in [-0.15, -0.1) is 0 Å². The Balaban J connectivity index is 1.77. The van der Waals surface area contributed by atoms with E-state index in [1.54, 1.807) is 7.11 Å². The maximum atomic E-state index is 5.66. The van der Waals surface area contributed by atoms with Crippen molar-refractivity contribution in [2.24, 2.45) is 12.0 Å². The summed E-state index contributed by atoms with van der Waals surface area (Å²) in [6, 6.07) is 8.59. The monoisotopic (exact) mass is 412 g/mol. The highest BCUT2D eigenvalue weighted by molar-refractivity contribution is 5.79. The molecule has 3 rings (SSSR count). The summed E-state index contributed by atoms with van der Waals surface area (Å²) < 4.78 is 7.59. The summed E-state index contributed by atoms with van der Waals surface area (Å²) in [6.07, 6.45) is 2.50. The van der Waals surface area contributed by atoms with Crippen LogP contribution in [0.15, 0.2) is 29.3 Å². The largest absolute Gasteiger partial charge is 0.496 e. The van der Waals surface area contributed by atoms with Gasteiger partial charge in [0.1, 0.15) is 5.75 Å². The van der Waals surface area contributed by atoms with Crippen molar-refractivity contribution in [3.8, 4) is 5.75 Å². The van der Waals surface area contributed by atoms with Gasteiger partial charge >= 0.3 is 0 Å². The normalized spacial score (nSPS) is 16.0. The Kier molecular flexibility index (Phi) is 7.74. The summed E-state index contributed by atoms with van der Waals surface area (Å²) in [7, 11) is 3.73. The average molecular weight is 413 g/mol. The highest BCUT2D eigenvalue weighted by Gasteiger charge is 2.26. The number of aromatic nitrogens is 2. The van der Waals surface area contributed by atoms with E-state index in [4.69, 9.17) is 9.73 Å². The van der Waals surface area contributed by atoms with Crippen LogP contribution in [0.25, 0.3) is 0 Å². The molecule has 1 unspecified atom stereocenters. The number of benzene rings is 1. The molecule has 0 radical (unpaired) electrons.